The summed E-state index contributed by atoms with van der Waals surface area (Å²) >= 11 is 13.7. The molecule has 0 fully saturated rings. The van der Waals surface area contributed by atoms with Gasteiger partial charge in [-0.25, -0.2) is 0 Å². The number of nitrogens with two attached hydrogens (primary N) is 1. The van der Waals surface area contributed by atoms with E-state index in [-0.39, 0.29) is 23.3 Å². The summed E-state index contributed by atoms with van der Waals surface area (Å²) in [4.78, 5) is 5.52. The number of aliphatic imine (C=N–C) groups is 1. The third kappa shape index (κ3) is 4.15. The zero-order valence-electron chi connectivity index (χ0n) is 11.5. The van der Waals surface area contributed by atoms with E-state index < -0.39 is 0 Å². The van der Waals surface area contributed by atoms with E-state index in [0.29, 0.717) is 10.0 Å². The Bertz CT molecular complexity index is 562. The smallest absolute Gasteiger partial charge is 0.149 e. The number of benzene rings is 1. The highest BCUT2D eigenvalue weighted by atomic mass is 35.5. The molecule has 20 heavy (non-hydrogen) atoms. The highest BCUT2D eigenvalue weighted by Crippen LogP contribution is 2.39. The Morgan fingerprint density at radius 1 is 1.25 bits per heavy atom. The molecule has 6 heteroatoms. The summed E-state index contributed by atoms with van der Waals surface area (Å²) in [5.74, 6) is 0. The van der Waals surface area contributed by atoms with Crippen LogP contribution in [0, 0.1) is 5.41 Å². The van der Waals surface area contributed by atoms with Gasteiger partial charge in [0.25, 0.3) is 0 Å². The van der Waals surface area contributed by atoms with Crippen molar-refractivity contribution in [2.75, 3.05) is 0 Å². The molecule has 0 saturated heterocycles. The van der Waals surface area contributed by atoms with E-state index in [1.54, 1.807) is 6.07 Å². The van der Waals surface area contributed by atoms with Crippen LogP contribution in [0.2, 0.25) is 10.0 Å². The summed E-state index contributed by atoms with van der Waals surface area (Å²) in [7, 11) is 0. The predicted octanol–water partition coefficient (Wildman–Crippen LogP) is 5.23. The molecule has 0 spiro atoms. The van der Waals surface area contributed by atoms with Crippen LogP contribution in [-0.4, -0.2) is 11.2 Å². The van der Waals surface area contributed by atoms with Gasteiger partial charge in [0, 0.05) is 26.6 Å². The van der Waals surface area contributed by atoms with Crippen LogP contribution < -0.4 is 5.73 Å². The molecular weight excluding hydrogens is 335 g/mol. The average molecular weight is 352 g/mol. The molecule has 2 rings (SSSR count). The highest BCUT2D eigenvalue weighted by Gasteiger charge is 2.24. The topological polar surface area (TPSA) is 38.4 Å². The molecule has 1 unspecified atom stereocenters. The first kappa shape index (κ1) is 17.9. The standard InChI is InChI=1S/C14H16Cl2N2S.ClH/c1-14(2,3)12-7-11(19-13(17)18-12)9-5-4-8(15)6-10(9)16;/h4-7,13H,17H2,1-3H3;1H. The maximum Gasteiger partial charge on any atom is 0.149 e. The summed E-state index contributed by atoms with van der Waals surface area (Å²) in [5.41, 5.74) is 7.60. The van der Waals surface area contributed by atoms with Crippen LogP contribution in [0.5, 0.6) is 0 Å². The number of hydrogen-bond donors (Lipinski definition) is 1. The minimum Gasteiger partial charge on any atom is -0.301 e. The van der Waals surface area contributed by atoms with E-state index in [1.165, 1.54) is 11.8 Å². The largest absolute Gasteiger partial charge is 0.301 e. The van der Waals surface area contributed by atoms with Gasteiger partial charge in [-0.3, -0.25) is 4.99 Å². The Morgan fingerprint density at radius 2 is 1.90 bits per heavy atom. The molecule has 1 atom stereocenters. The molecule has 110 valence electrons. The summed E-state index contributed by atoms with van der Waals surface area (Å²) in [6.45, 7) is 6.35. The van der Waals surface area contributed by atoms with Crippen molar-refractivity contribution in [3.63, 3.8) is 0 Å². The number of allylic oxidation sites excluding steroid dienone is 1. The second-order valence-electron chi connectivity index (χ2n) is 5.41. The van der Waals surface area contributed by atoms with Crippen LogP contribution in [0.25, 0.3) is 4.91 Å². The summed E-state index contributed by atoms with van der Waals surface area (Å²) in [6.07, 6.45) is 2.06. The second-order valence-corrected chi connectivity index (χ2v) is 7.41. The van der Waals surface area contributed by atoms with Crippen molar-refractivity contribution < 1.29 is 0 Å². The maximum atomic E-state index is 6.25. The van der Waals surface area contributed by atoms with Crippen LogP contribution in [0.1, 0.15) is 26.3 Å². The van der Waals surface area contributed by atoms with Crippen molar-refractivity contribution in [1.82, 2.24) is 0 Å². The van der Waals surface area contributed by atoms with Gasteiger partial charge in [0.1, 0.15) is 5.50 Å². The minimum absolute atomic E-state index is 0. The van der Waals surface area contributed by atoms with Crippen molar-refractivity contribution in [3.8, 4) is 0 Å². The molecule has 2 nitrogen and oxygen atoms in total. The predicted molar refractivity (Wildman–Crippen MR) is 94.1 cm³/mol. The van der Waals surface area contributed by atoms with Crippen LogP contribution in [0.3, 0.4) is 0 Å². The van der Waals surface area contributed by atoms with Gasteiger partial charge in [-0.2, -0.15) is 0 Å². The van der Waals surface area contributed by atoms with Gasteiger partial charge in [-0.1, -0.05) is 61.8 Å². The Balaban J connectivity index is 0.00000200. The first-order valence-electron chi connectivity index (χ1n) is 5.95. The molecule has 1 aromatic carbocycles. The normalized spacial score (nSPS) is 19.0. The molecule has 0 radical (unpaired) electrons. The average Bonchev–Trinajstić information content (AvgIpc) is 2.26. The Hall–Kier alpha value is -0.190. The molecule has 1 aliphatic heterocycles. The molecule has 1 aromatic rings. The van der Waals surface area contributed by atoms with Gasteiger partial charge >= 0.3 is 0 Å². The van der Waals surface area contributed by atoms with E-state index >= 15 is 0 Å². The van der Waals surface area contributed by atoms with Gasteiger partial charge in [-0.15, -0.1) is 12.4 Å². The lowest BCUT2D eigenvalue weighted by molar-refractivity contribution is 0.590. The van der Waals surface area contributed by atoms with E-state index in [1.807, 2.05) is 12.1 Å². The molecule has 1 aliphatic rings. The van der Waals surface area contributed by atoms with Gasteiger partial charge in [-0.05, 0) is 18.2 Å². The lowest BCUT2D eigenvalue weighted by atomic mass is 9.89. The SMILES string of the molecule is CC(C)(C)C1=NC(N)SC(c2ccc(Cl)cc2Cl)=C1.Cl. The van der Waals surface area contributed by atoms with Crippen molar-refractivity contribution in [1.29, 1.82) is 0 Å². The van der Waals surface area contributed by atoms with Gasteiger partial charge < -0.3 is 5.73 Å². The fraction of sp³-hybridized carbons (Fsp3) is 0.357. The van der Waals surface area contributed by atoms with Crippen molar-refractivity contribution >= 4 is 58.0 Å². The van der Waals surface area contributed by atoms with Crippen LogP contribution >= 0.6 is 47.4 Å². The molecule has 0 aliphatic carbocycles. The lowest BCUT2D eigenvalue weighted by Gasteiger charge is -2.26. The van der Waals surface area contributed by atoms with E-state index in [0.717, 1.165) is 16.2 Å². The van der Waals surface area contributed by atoms with Crippen LogP contribution in [-0.2, 0) is 0 Å². The Morgan fingerprint density at radius 3 is 2.45 bits per heavy atom. The van der Waals surface area contributed by atoms with Crippen LogP contribution in [0.15, 0.2) is 29.3 Å². The fourth-order valence-electron chi connectivity index (χ4n) is 1.73. The van der Waals surface area contributed by atoms with Crippen molar-refractivity contribution in [2.45, 2.75) is 26.3 Å². The summed E-state index contributed by atoms with van der Waals surface area (Å²) in [6, 6.07) is 5.49. The quantitative estimate of drug-likeness (QED) is 0.752. The number of nitrogens with zero attached hydrogens (tertiary/aromatic N) is 1. The molecule has 0 saturated carbocycles. The molecule has 1 heterocycles. The highest BCUT2D eigenvalue weighted by molar-refractivity contribution is 8.08. The summed E-state index contributed by atoms with van der Waals surface area (Å²) < 4.78 is 0. The van der Waals surface area contributed by atoms with Crippen molar-refractivity contribution in [3.05, 3.63) is 39.9 Å². The van der Waals surface area contributed by atoms with Crippen LogP contribution in [0.4, 0.5) is 0 Å². The molecule has 0 bridgehead atoms. The van der Waals surface area contributed by atoms with Crippen molar-refractivity contribution in [2.24, 2.45) is 16.1 Å². The second kappa shape index (κ2) is 6.71. The Labute approximate surface area is 140 Å². The number of hydrogen-bond acceptors (Lipinski definition) is 3. The number of halogens is 3. The van der Waals surface area contributed by atoms with E-state index in [2.05, 4.69) is 31.8 Å². The third-order valence-electron chi connectivity index (χ3n) is 2.75. The van der Waals surface area contributed by atoms with Gasteiger partial charge in [0.15, 0.2) is 0 Å². The molecule has 2 N–H and O–H groups in total. The van der Waals surface area contributed by atoms with E-state index in [4.69, 9.17) is 28.9 Å². The molecule has 0 amide bonds. The van der Waals surface area contributed by atoms with Gasteiger partial charge in [0.05, 0.1) is 5.02 Å². The zero-order chi connectivity index (χ0) is 14.2. The third-order valence-corrected chi connectivity index (χ3v) is 4.23. The van der Waals surface area contributed by atoms with E-state index in [9.17, 15) is 0 Å². The lowest BCUT2D eigenvalue weighted by Crippen LogP contribution is -2.26. The Kier molecular flexibility index (Phi) is 6.00. The molecular formula is C14H17Cl3N2S. The fourth-order valence-corrected chi connectivity index (χ4v) is 3.21. The zero-order valence-corrected chi connectivity index (χ0v) is 14.6. The van der Waals surface area contributed by atoms with Gasteiger partial charge in [0.2, 0.25) is 0 Å². The number of thioether (sulfide) groups is 1. The summed E-state index contributed by atoms with van der Waals surface area (Å²) in [5, 5.41) is 1.26. The number of rotatable bonds is 1. The maximum absolute atomic E-state index is 6.25. The first-order chi connectivity index (χ1) is 8.77. The monoisotopic (exact) mass is 350 g/mol. The molecule has 0 aromatic heterocycles. The minimum atomic E-state index is -0.291. The first-order valence-corrected chi connectivity index (χ1v) is 7.58.